The van der Waals surface area contributed by atoms with Crippen LogP contribution in [0.3, 0.4) is 0 Å². The molecule has 0 aliphatic heterocycles. The highest BCUT2D eigenvalue weighted by atomic mass is 16.3. The molecular weight excluding hydrogens is 987 g/mol. The summed E-state index contributed by atoms with van der Waals surface area (Å²) in [7, 11) is 0. The molecule has 0 unspecified atom stereocenters. The molecule has 0 atom stereocenters. The SMILES string of the molecule is c1ccc(-c2ccc(-c3nc(-c4ccc(-c5ccccc5)cc4)nc(-c4cc(-c5ccccc5)c(-n5c6ccccc6c6c7oc8ccc9c%10ccccc%10n(-c%10ccccc%10)c9c8c7ccc65)c(-c5ccccc5)c4)n3)cc2)cc1. The minimum Gasteiger partial charge on any atom is -0.455 e. The van der Waals surface area contributed by atoms with Crippen LogP contribution in [0.25, 0.3) is 156 Å². The number of benzene rings is 12. The fraction of sp³-hybridized carbons (Fsp3) is 0. The fourth-order valence-electron chi connectivity index (χ4n) is 12.2. The predicted octanol–water partition coefficient (Wildman–Crippen LogP) is 19.6. The summed E-state index contributed by atoms with van der Waals surface area (Å²) < 4.78 is 12.1. The van der Waals surface area contributed by atoms with Gasteiger partial charge >= 0.3 is 0 Å². The molecule has 0 saturated carbocycles. The smallest absolute Gasteiger partial charge is 0.164 e. The average Bonchev–Trinajstić information content (AvgIpc) is 4.10. The lowest BCUT2D eigenvalue weighted by molar-refractivity contribution is 0.673. The van der Waals surface area contributed by atoms with Gasteiger partial charge in [0.05, 0.1) is 38.5 Å². The van der Waals surface area contributed by atoms with Crippen LogP contribution in [-0.2, 0) is 0 Å². The Morgan fingerprint density at radius 1 is 0.272 bits per heavy atom. The number of aromatic nitrogens is 5. The molecule has 0 bridgehead atoms. The van der Waals surface area contributed by atoms with Crippen LogP contribution in [0, 0.1) is 0 Å². The molecule has 4 aromatic heterocycles. The van der Waals surface area contributed by atoms with Crippen LogP contribution in [0.4, 0.5) is 0 Å². The van der Waals surface area contributed by atoms with Gasteiger partial charge in [-0.3, -0.25) is 0 Å². The van der Waals surface area contributed by atoms with Gasteiger partial charge in [-0.05, 0) is 94.0 Å². The van der Waals surface area contributed by atoms with Gasteiger partial charge in [0.2, 0.25) is 0 Å². The van der Waals surface area contributed by atoms with Crippen molar-refractivity contribution in [3.63, 3.8) is 0 Å². The molecule has 0 spiro atoms. The van der Waals surface area contributed by atoms with Crippen LogP contribution >= 0.6 is 0 Å². The van der Waals surface area contributed by atoms with E-state index in [1.54, 1.807) is 0 Å². The van der Waals surface area contributed by atoms with Gasteiger partial charge in [0.1, 0.15) is 11.2 Å². The van der Waals surface area contributed by atoms with E-state index in [9.17, 15) is 0 Å². The molecule has 6 heteroatoms. The molecule has 4 heterocycles. The summed E-state index contributed by atoms with van der Waals surface area (Å²) >= 11 is 0. The number of hydrogen-bond acceptors (Lipinski definition) is 4. The maximum absolute atomic E-state index is 7.23. The van der Waals surface area contributed by atoms with Crippen molar-refractivity contribution >= 4 is 65.6 Å². The number of fused-ring (bicyclic) bond motifs is 11. The zero-order chi connectivity index (χ0) is 53.4. The topological polar surface area (TPSA) is 61.7 Å². The monoisotopic (exact) mass is 1030 g/mol. The Bertz CT molecular complexity index is 4890. The Labute approximate surface area is 466 Å². The number of nitrogens with zero attached hydrogens (tertiary/aromatic N) is 5. The molecule has 0 fully saturated rings. The number of rotatable bonds is 9. The second kappa shape index (κ2) is 18.9. The summed E-state index contributed by atoms with van der Waals surface area (Å²) in [5.41, 5.74) is 19.6. The van der Waals surface area contributed by atoms with Crippen molar-refractivity contribution in [2.75, 3.05) is 0 Å². The first-order chi connectivity index (χ1) is 40.2. The van der Waals surface area contributed by atoms with Crippen LogP contribution in [-0.4, -0.2) is 24.1 Å². The summed E-state index contributed by atoms with van der Waals surface area (Å²) in [6.07, 6.45) is 0. The van der Waals surface area contributed by atoms with Gasteiger partial charge in [0.15, 0.2) is 17.5 Å². The van der Waals surface area contributed by atoms with Gasteiger partial charge in [0, 0.05) is 55.0 Å². The van der Waals surface area contributed by atoms with Crippen LogP contribution in [0.2, 0.25) is 0 Å². The largest absolute Gasteiger partial charge is 0.455 e. The van der Waals surface area contributed by atoms with Crippen LogP contribution < -0.4 is 0 Å². The zero-order valence-electron chi connectivity index (χ0n) is 43.8. The molecule has 0 N–H and O–H groups in total. The van der Waals surface area contributed by atoms with Crippen molar-refractivity contribution in [3.8, 4) is 90.0 Å². The molecule has 0 saturated heterocycles. The standard InChI is InChI=1S/C75H47N5O/c1-6-20-48(21-7-1)50-34-38-54(39-35-50)73-76-74(55-40-36-51(37-41-55)49-22-8-2-9-23-49)78-75(77-73)56-46-62(52-24-10-3-11-25-52)70(63(47-56)53-26-12-4-13-27-53)80-65-33-19-17-31-60(65)68-66(80)44-42-61-69-67(81-72(61)68)45-43-59-58-30-16-18-32-64(58)79(71(59)69)57-28-14-5-15-29-57/h1-47H. The van der Waals surface area contributed by atoms with Gasteiger partial charge in [-0.25, -0.2) is 15.0 Å². The van der Waals surface area contributed by atoms with Crippen molar-refractivity contribution in [2.45, 2.75) is 0 Å². The maximum atomic E-state index is 7.23. The van der Waals surface area contributed by atoms with E-state index < -0.39 is 0 Å². The summed E-state index contributed by atoms with van der Waals surface area (Å²) in [6, 6.07) is 101. The van der Waals surface area contributed by atoms with Gasteiger partial charge < -0.3 is 13.6 Å². The van der Waals surface area contributed by atoms with E-state index in [2.05, 4.69) is 282 Å². The van der Waals surface area contributed by atoms with E-state index >= 15 is 0 Å². The minimum atomic E-state index is 0.570. The maximum Gasteiger partial charge on any atom is 0.164 e. The van der Waals surface area contributed by atoms with E-state index in [0.29, 0.717) is 17.5 Å². The van der Waals surface area contributed by atoms with Crippen molar-refractivity contribution in [2.24, 2.45) is 0 Å². The van der Waals surface area contributed by atoms with Gasteiger partial charge in [0.25, 0.3) is 0 Å². The van der Waals surface area contributed by atoms with Crippen molar-refractivity contribution in [1.29, 1.82) is 0 Å². The quantitative estimate of drug-likeness (QED) is 0.145. The second-order valence-electron chi connectivity index (χ2n) is 20.7. The van der Waals surface area contributed by atoms with Crippen molar-refractivity contribution in [1.82, 2.24) is 24.1 Å². The lowest BCUT2D eigenvalue weighted by Gasteiger charge is -2.21. The highest BCUT2D eigenvalue weighted by Crippen LogP contribution is 2.48. The number of para-hydroxylation sites is 3. The van der Waals surface area contributed by atoms with Crippen LogP contribution in [0.5, 0.6) is 0 Å². The fourth-order valence-corrected chi connectivity index (χ4v) is 12.2. The first kappa shape index (κ1) is 46.2. The predicted molar refractivity (Wildman–Crippen MR) is 334 cm³/mol. The average molecular weight is 1030 g/mol. The first-order valence-electron chi connectivity index (χ1n) is 27.4. The summed E-state index contributed by atoms with van der Waals surface area (Å²) in [5.74, 6) is 1.75. The summed E-state index contributed by atoms with van der Waals surface area (Å²) in [5, 5.41) is 6.71. The Balaban J connectivity index is 0.951. The van der Waals surface area contributed by atoms with E-state index in [-0.39, 0.29) is 0 Å². The van der Waals surface area contributed by atoms with Crippen molar-refractivity contribution < 1.29 is 4.42 Å². The summed E-state index contributed by atoms with van der Waals surface area (Å²) in [6.45, 7) is 0. The highest BCUT2D eigenvalue weighted by Gasteiger charge is 2.27. The van der Waals surface area contributed by atoms with E-state index in [1.807, 2.05) is 12.1 Å². The van der Waals surface area contributed by atoms with E-state index in [0.717, 1.165) is 127 Å². The first-order valence-corrected chi connectivity index (χ1v) is 27.4. The lowest BCUT2D eigenvalue weighted by atomic mass is 9.92. The lowest BCUT2D eigenvalue weighted by Crippen LogP contribution is -2.04. The molecule has 0 radical (unpaired) electrons. The molecule has 16 rings (SSSR count). The van der Waals surface area contributed by atoms with Crippen molar-refractivity contribution in [3.05, 3.63) is 285 Å². The zero-order valence-corrected chi connectivity index (χ0v) is 43.8. The highest BCUT2D eigenvalue weighted by molar-refractivity contribution is 6.30. The minimum absolute atomic E-state index is 0.570. The van der Waals surface area contributed by atoms with Crippen LogP contribution in [0.15, 0.2) is 290 Å². The number of furan rings is 1. The van der Waals surface area contributed by atoms with Gasteiger partial charge in [-0.1, -0.05) is 224 Å². The summed E-state index contributed by atoms with van der Waals surface area (Å²) in [4.78, 5) is 16.0. The van der Waals surface area contributed by atoms with E-state index in [4.69, 9.17) is 19.4 Å². The third-order valence-corrected chi connectivity index (χ3v) is 16.0. The molecule has 12 aromatic carbocycles. The molecular formula is C75H47N5O. The Hall–Kier alpha value is -11.0. The third kappa shape index (κ3) is 7.68. The normalized spacial score (nSPS) is 11.7. The molecule has 0 aliphatic carbocycles. The molecule has 378 valence electrons. The molecule has 6 nitrogen and oxygen atoms in total. The number of hydrogen-bond donors (Lipinski definition) is 0. The van der Waals surface area contributed by atoms with Gasteiger partial charge in [-0.2, -0.15) is 0 Å². The van der Waals surface area contributed by atoms with Crippen LogP contribution in [0.1, 0.15) is 0 Å². The van der Waals surface area contributed by atoms with Gasteiger partial charge in [-0.15, -0.1) is 0 Å². The Morgan fingerprint density at radius 3 is 1.23 bits per heavy atom. The molecule has 0 aliphatic rings. The second-order valence-corrected chi connectivity index (χ2v) is 20.7. The Morgan fingerprint density at radius 2 is 0.691 bits per heavy atom. The molecule has 0 amide bonds. The molecule has 81 heavy (non-hydrogen) atoms. The molecule has 16 aromatic rings. The third-order valence-electron chi connectivity index (χ3n) is 16.0. The Kier molecular flexibility index (Phi) is 10.8. The van der Waals surface area contributed by atoms with E-state index in [1.165, 1.54) is 10.8 Å².